The van der Waals surface area contributed by atoms with Gasteiger partial charge < -0.3 is 15.2 Å². The molecule has 3 rings (SSSR count). The number of pyridine rings is 1. The molecule has 28 heavy (non-hydrogen) atoms. The number of benzene rings is 1. The highest BCUT2D eigenvalue weighted by Gasteiger charge is 2.18. The SMILES string of the molecule is CCCC(=O)Nc1cccc(C(=O)N[C@@H](C)c2nc(-c3ccncc3)no2)c1. The van der Waals surface area contributed by atoms with Crippen molar-refractivity contribution in [3.8, 4) is 11.4 Å². The quantitative estimate of drug-likeness (QED) is 0.651. The molecule has 0 spiro atoms. The molecule has 0 aliphatic heterocycles. The summed E-state index contributed by atoms with van der Waals surface area (Å²) >= 11 is 0. The third kappa shape index (κ3) is 4.79. The van der Waals surface area contributed by atoms with E-state index < -0.39 is 6.04 Å². The van der Waals surface area contributed by atoms with Crippen molar-refractivity contribution in [2.75, 3.05) is 5.32 Å². The minimum absolute atomic E-state index is 0.0806. The lowest BCUT2D eigenvalue weighted by molar-refractivity contribution is -0.116. The standard InChI is InChI=1S/C20H21N5O3/c1-3-5-17(26)23-16-7-4-6-15(12-16)19(27)22-13(2)20-24-18(25-28-20)14-8-10-21-11-9-14/h4,6-13H,3,5H2,1-2H3,(H,22,27)(H,23,26)/t13-/m0/s1. The van der Waals surface area contributed by atoms with Gasteiger partial charge in [-0.25, -0.2) is 0 Å². The summed E-state index contributed by atoms with van der Waals surface area (Å²) in [5.41, 5.74) is 1.78. The summed E-state index contributed by atoms with van der Waals surface area (Å²) in [5.74, 6) is 0.345. The van der Waals surface area contributed by atoms with Crippen molar-refractivity contribution in [3.63, 3.8) is 0 Å². The van der Waals surface area contributed by atoms with Crippen LogP contribution in [-0.4, -0.2) is 26.9 Å². The van der Waals surface area contributed by atoms with Gasteiger partial charge in [0.2, 0.25) is 17.6 Å². The second-order valence-electron chi connectivity index (χ2n) is 6.27. The fourth-order valence-corrected chi connectivity index (χ4v) is 2.56. The third-order valence-corrected chi connectivity index (χ3v) is 3.98. The lowest BCUT2D eigenvalue weighted by atomic mass is 10.1. The fraction of sp³-hybridized carbons (Fsp3) is 0.250. The topological polar surface area (TPSA) is 110 Å². The fourth-order valence-electron chi connectivity index (χ4n) is 2.56. The summed E-state index contributed by atoms with van der Waals surface area (Å²) in [4.78, 5) is 32.6. The van der Waals surface area contributed by atoms with Gasteiger partial charge in [-0.2, -0.15) is 4.98 Å². The number of rotatable bonds is 7. The molecule has 0 saturated carbocycles. The maximum Gasteiger partial charge on any atom is 0.251 e. The van der Waals surface area contributed by atoms with Gasteiger partial charge in [-0.05, 0) is 43.7 Å². The van der Waals surface area contributed by atoms with Gasteiger partial charge in [0, 0.05) is 35.6 Å². The molecule has 3 aromatic rings. The summed E-state index contributed by atoms with van der Waals surface area (Å²) in [6, 6.07) is 9.84. The smallest absolute Gasteiger partial charge is 0.251 e. The predicted octanol–water partition coefficient (Wildman–Crippen LogP) is 3.36. The molecule has 2 aromatic heterocycles. The highest BCUT2D eigenvalue weighted by Crippen LogP contribution is 2.18. The minimum Gasteiger partial charge on any atom is -0.341 e. The van der Waals surface area contributed by atoms with Crippen molar-refractivity contribution in [2.45, 2.75) is 32.7 Å². The molecule has 0 radical (unpaired) electrons. The van der Waals surface area contributed by atoms with Crippen LogP contribution >= 0.6 is 0 Å². The highest BCUT2D eigenvalue weighted by molar-refractivity contribution is 5.97. The molecule has 2 heterocycles. The number of nitrogens with zero attached hydrogens (tertiary/aromatic N) is 3. The molecule has 8 heteroatoms. The van der Waals surface area contributed by atoms with Gasteiger partial charge in [0.05, 0.1) is 0 Å². The first-order chi connectivity index (χ1) is 13.6. The van der Waals surface area contributed by atoms with Crippen LogP contribution in [-0.2, 0) is 4.79 Å². The molecule has 0 fully saturated rings. The zero-order chi connectivity index (χ0) is 19.9. The van der Waals surface area contributed by atoms with E-state index in [0.29, 0.717) is 29.4 Å². The molecule has 0 aliphatic carbocycles. The molecule has 0 bridgehead atoms. The van der Waals surface area contributed by atoms with E-state index >= 15 is 0 Å². The number of nitrogens with one attached hydrogen (secondary N) is 2. The van der Waals surface area contributed by atoms with E-state index in [1.165, 1.54) is 0 Å². The number of carbonyl (C=O) groups excluding carboxylic acids is 2. The van der Waals surface area contributed by atoms with Gasteiger partial charge in [-0.15, -0.1) is 0 Å². The zero-order valence-electron chi connectivity index (χ0n) is 15.7. The van der Waals surface area contributed by atoms with Gasteiger partial charge in [-0.3, -0.25) is 14.6 Å². The summed E-state index contributed by atoms with van der Waals surface area (Å²) in [5, 5.41) is 9.54. The Hall–Kier alpha value is -3.55. The Balaban J connectivity index is 1.66. The molecule has 0 aliphatic rings. The van der Waals surface area contributed by atoms with E-state index in [2.05, 4.69) is 25.8 Å². The Kier molecular flexibility index (Phi) is 6.11. The van der Waals surface area contributed by atoms with Crippen LogP contribution in [0.15, 0.2) is 53.3 Å². The number of carbonyl (C=O) groups is 2. The number of aromatic nitrogens is 3. The predicted molar refractivity (Wildman–Crippen MR) is 103 cm³/mol. The van der Waals surface area contributed by atoms with Crippen LogP contribution in [0.5, 0.6) is 0 Å². The second kappa shape index (κ2) is 8.90. The Labute approximate surface area is 162 Å². The summed E-state index contributed by atoms with van der Waals surface area (Å²) in [7, 11) is 0. The normalized spacial score (nSPS) is 11.6. The summed E-state index contributed by atoms with van der Waals surface area (Å²) in [6.45, 7) is 3.69. The van der Waals surface area contributed by atoms with Crippen molar-refractivity contribution in [1.82, 2.24) is 20.4 Å². The van der Waals surface area contributed by atoms with Crippen LogP contribution < -0.4 is 10.6 Å². The van der Waals surface area contributed by atoms with Gasteiger partial charge in [0.15, 0.2) is 0 Å². The van der Waals surface area contributed by atoms with Crippen LogP contribution in [0.1, 0.15) is 49.0 Å². The monoisotopic (exact) mass is 379 g/mol. The molecular formula is C20H21N5O3. The van der Waals surface area contributed by atoms with Crippen LogP contribution in [0.25, 0.3) is 11.4 Å². The number of hydrogen-bond donors (Lipinski definition) is 2. The average molecular weight is 379 g/mol. The van der Waals surface area contributed by atoms with E-state index in [4.69, 9.17) is 4.52 Å². The van der Waals surface area contributed by atoms with Crippen molar-refractivity contribution in [3.05, 3.63) is 60.2 Å². The van der Waals surface area contributed by atoms with Crippen molar-refractivity contribution < 1.29 is 14.1 Å². The lowest BCUT2D eigenvalue weighted by Crippen LogP contribution is -2.27. The van der Waals surface area contributed by atoms with E-state index in [1.54, 1.807) is 55.7 Å². The maximum absolute atomic E-state index is 12.5. The first kappa shape index (κ1) is 19.2. The van der Waals surface area contributed by atoms with Crippen LogP contribution in [0, 0.1) is 0 Å². The Morgan fingerprint density at radius 2 is 1.96 bits per heavy atom. The average Bonchev–Trinajstić information content (AvgIpc) is 3.19. The third-order valence-electron chi connectivity index (χ3n) is 3.98. The second-order valence-corrected chi connectivity index (χ2v) is 6.27. The van der Waals surface area contributed by atoms with Crippen LogP contribution in [0.2, 0.25) is 0 Å². The van der Waals surface area contributed by atoms with Crippen LogP contribution in [0.4, 0.5) is 5.69 Å². The van der Waals surface area contributed by atoms with Gasteiger partial charge in [-0.1, -0.05) is 18.1 Å². The zero-order valence-corrected chi connectivity index (χ0v) is 15.7. The molecule has 0 unspecified atom stereocenters. The molecule has 144 valence electrons. The number of anilines is 1. The van der Waals surface area contributed by atoms with Crippen molar-refractivity contribution >= 4 is 17.5 Å². The first-order valence-electron chi connectivity index (χ1n) is 9.01. The molecule has 1 atom stereocenters. The minimum atomic E-state index is -0.478. The number of hydrogen-bond acceptors (Lipinski definition) is 6. The van der Waals surface area contributed by atoms with Crippen molar-refractivity contribution in [1.29, 1.82) is 0 Å². The van der Waals surface area contributed by atoms with Gasteiger partial charge in [0.25, 0.3) is 5.91 Å². The van der Waals surface area contributed by atoms with E-state index in [-0.39, 0.29) is 11.8 Å². The van der Waals surface area contributed by atoms with Crippen LogP contribution in [0.3, 0.4) is 0 Å². The van der Waals surface area contributed by atoms with E-state index in [9.17, 15) is 9.59 Å². The summed E-state index contributed by atoms with van der Waals surface area (Å²) < 4.78 is 5.27. The Morgan fingerprint density at radius 3 is 2.71 bits per heavy atom. The molecule has 1 aromatic carbocycles. The molecule has 2 amide bonds. The molecule has 0 saturated heterocycles. The first-order valence-corrected chi connectivity index (χ1v) is 9.01. The van der Waals surface area contributed by atoms with Gasteiger partial charge in [0.1, 0.15) is 6.04 Å². The van der Waals surface area contributed by atoms with E-state index in [0.717, 1.165) is 12.0 Å². The van der Waals surface area contributed by atoms with Gasteiger partial charge >= 0.3 is 0 Å². The maximum atomic E-state index is 12.5. The largest absolute Gasteiger partial charge is 0.341 e. The molecule has 8 nitrogen and oxygen atoms in total. The molecular weight excluding hydrogens is 358 g/mol. The summed E-state index contributed by atoms with van der Waals surface area (Å²) in [6.07, 6.45) is 4.48. The van der Waals surface area contributed by atoms with Crippen molar-refractivity contribution in [2.24, 2.45) is 0 Å². The molecule has 2 N–H and O–H groups in total. The van der Waals surface area contributed by atoms with E-state index in [1.807, 2.05) is 6.92 Å². The Morgan fingerprint density at radius 1 is 1.18 bits per heavy atom. The highest BCUT2D eigenvalue weighted by atomic mass is 16.5. The Bertz CT molecular complexity index is 955. The lowest BCUT2D eigenvalue weighted by Gasteiger charge is -2.11. The number of amides is 2.